The molecule has 0 amide bonds. The molecule has 0 radical (unpaired) electrons. The zero-order valence-electron chi connectivity index (χ0n) is 24.8. The number of methoxy groups -OCH3 is 3. The molecule has 16 heteroatoms. The highest BCUT2D eigenvalue weighted by molar-refractivity contribution is 5.91. The summed E-state index contributed by atoms with van der Waals surface area (Å²) in [5, 5.41) is 54.8. The normalized spacial score (nSPS) is 24.5. The zero-order chi connectivity index (χ0) is 32.8. The summed E-state index contributed by atoms with van der Waals surface area (Å²) in [6.07, 6.45) is -6.67. The third-order valence-electron chi connectivity index (χ3n) is 7.47. The molecule has 0 aliphatic carbocycles. The van der Waals surface area contributed by atoms with Crippen molar-refractivity contribution in [3.05, 3.63) is 41.0 Å². The summed E-state index contributed by atoms with van der Waals surface area (Å²) in [4.78, 5) is 28.8. The number of benzene rings is 2. The van der Waals surface area contributed by atoms with Crippen LogP contribution in [0.25, 0.3) is 0 Å². The number of aryl methyl sites for hydroxylation is 1. The maximum Gasteiger partial charge on any atom is 0.338 e. The van der Waals surface area contributed by atoms with E-state index >= 15 is 0 Å². The van der Waals surface area contributed by atoms with Crippen LogP contribution >= 0.6 is 0 Å². The third-order valence-corrected chi connectivity index (χ3v) is 7.47. The van der Waals surface area contributed by atoms with Gasteiger partial charge in [0.25, 0.3) is 0 Å². The van der Waals surface area contributed by atoms with Crippen molar-refractivity contribution in [1.82, 2.24) is 5.32 Å². The molecular weight excluding hydrogens is 598 g/mol. The van der Waals surface area contributed by atoms with E-state index in [1.54, 1.807) is 0 Å². The Morgan fingerprint density at radius 3 is 2.22 bits per heavy atom. The quantitative estimate of drug-likeness (QED) is 0.149. The van der Waals surface area contributed by atoms with Crippen LogP contribution in [0.4, 0.5) is 0 Å². The number of carbonyl (C=O) groups excluding carboxylic acids is 1. The van der Waals surface area contributed by atoms with Gasteiger partial charge in [0.15, 0.2) is 29.0 Å². The molecule has 2 aliphatic heterocycles. The minimum absolute atomic E-state index is 0.0252. The molecule has 0 saturated carbocycles. The SMILES string of the molecule is COc1cc(C(=O)OCC2OC(Oc3c(CCC4CCN=C(N)N4)cc(C(=O)O)cc3OC)C(O)C(O)C2O)cc(OC)c1O. The number of phenolic OH excluding ortho intramolecular Hbond substituents is 1. The Hall–Kier alpha value is -4.51. The molecule has 1 saturated heterocycles. The second kappa shape index (κ2) is 14.5. The number of aromatic carboxylic acids is 1. The number of aliphatic hydroxyl groups is 3. The minimum atomic E-state index is -1.78. The number of hydrogen-bond acceptors (Lipinski definition) is 15. The lowest BCUT2D eigenvalue weighted by atomic mass is 9.98. The number of aromatic hydroxyl groups is 1. The first-order valence-electron chi connectivity index (χ1n) is 14.0. The van der Waals surface area contributed by atoms with Gasteiger partial charge in [0.2, 0.25) is 12.0 Å². The molecule has 0 aromatic heterocycles. The van der Waals surface area contributed by atoms with Gasteiger partial charge in [-0.05, 0) is 49.1 Å². The van der Waals surface area contributed by atoms with Crippen molar-refractivity contribution >= 4 is 17.9 Å². The van der Waals surface area contributed by atoms with E-state index in [9.17, 15) is 35.1 Å². The van der Waals surface area contributed by atoms with Gasteiger partial charge in [-0.25, -0.2) is 9.59 Å². The summed E-state index contributed by atoms with van der Waals surface area (Å²) in [6, 6.07) is 5.05. The van der Waals surface area contributed by atoms with Gasteiger partial charge in [-0.15, -0.1) is 0 Å². The molecule has 2 aromatic carbocycles. The van der Waals surface area contributed by atoms with Crippen LogP contribution < -0.4 is 30.0 Å². The Labute approximate surface area is 257 Å². The van der Waals surface area contributed by atoms with Gasteiger partial charge in [-0.1, -0.05) is 0 Å². The second-order valence-electron chi connectivity index (χ2n) is 10.4. The number of rotatable bonds is 12. The van der Waals surface area contributed by atoms with Gasteiger partial charge in [0.05, 0.1) is 32.5 Å². The molecule has 2 aliphatic rings. The number of aliphatic imine (C=N–C) groups is 1. The lowest BCUT2D eigenvalue weighted by Crippen LogP contribution is -2.60. The number of hydrogen-bond donors (Lipinski definition) is 7. The summed E-state index contributed by atoms with van der Waals surface area (Å²) in [5.74, 6) is -2.13. The fraction of sp³-hybridized carbons (Fsp3) is 0.483. The lowest BCUT2D eigenvalue weighted by molar-refractivity contribution is -0.277. The van der Waals surface area contributed by atoms with Crippen LogP contribution in [0.15, 0.2) is 29.3 Å². The van der Waals surface area contributed by atoms with E-state index < -0.39 is 49.3 Å². The molecule has 6 atom stereocenters. The molecule has 6 unspecified atom stereocenters. The fourth-order valence-corrected chi connectivity index (χ4v) is 4.99. The molecule has 16 nitrogen and oxygen atoms in total. The van der Waals surface area contributed by atoms with Crippen LogP contribution in [-0.4, -0.2) is 115 Å². The van der Waals surface area contributed by atoms with Crippen molar-refractivity contribution < 1.29 is 63.5 Å². The maximum atomic E-state index is 12.8. The van der Waals surface area contributed by atoms with E-state index in [-0.39, 0.29) is 45.9 Å². The van der Waals surface area contributed by atoms with E-state index in [1.165, 1.54) is 45.6 Å². The van der Waals surface area contributed by atoms with E-state index in [0.29, 0.717) is 37.3 Å². The Bertz CT molecular complexity index is 1390. The highest BCUT2D eigenvalue weighted by atomic mass is 16.7. The number of phenols is 1. The monoisotopic (exact) mass is 635 g/mol. The molecule has 1 fully saturated rings. The van der Waals surface area contributed by atoms with E-state index in [0.717, 1.165) is 0 Å². The number of esters is 1. The van der Waals surface area contributed by atoms with Crippen molar-refractivity contribution in [3.63, 3.8) is 0 Å². The Kier molecular flexibility index (Phi) is 10.8. The van der Waals surface area contributed by atoms with Crippen molar-refractivity contribution in [2.75, 3.05) is 34.5 Å². The fourth-order valence-electron chi connectivity index (χ4n) is 4.99. The predicted octanol–water partition coefficient (Wildman–Crippen LogP) is -0.231. The molecular formula is C29H37N3O13. The van der Waals surface area contributed by atoms with Gasteiger partial charge in [0, 0.05) is 12.6 Å². The number of carboxylic acid groups (broad SMARTS) is 1. The number of nitrogens with zero attached hydrogens (tertiary/aromatic N) is 1. The summed E-state index contributed by atoms with van der Waals surface area (Å²) in [5.41, 5.74) is 6.08. The number of guanidine groups is 1. The number of ether oxygens (including phenoxy) is 6. The molecule has 2 heterocycles. The number of aliphatic hydroxyl groups excluding tert-OH is 3. The largest absolute Gasteiger partial charge is 0.502 e. The molecule has 8 N–H and O–H groups in total. The maximum absolute atomic E-state index is 12.8. The smallest absolute Gasteiger partial charge is 0.338 e. The highest BCUT2D eigenvalue weighted by Gasteiger charge is 2.46. The Morgan fingerprint density at radius 2 is 1.62 bits per heavy atom. The third kappa shape index (κ3) is 7.59. The van der Waals surface area contributed by atoms with Crippen LogP contribution in [-0.2, 0) is 15.9 Å². The zero-order valence-corrected chi connectivity index (χ0v) is 24.8. The van der Waals surface area contributed by atoms with Crippen molar-refractivity contribution in [1.29, 1.82) is 0 Å². The molecule has 246 valence electrons. The van der Waals surface area contributed by atoms with E-state index in [4.69, 9.17) is 34.2 Å². The molecule has 45 heavy (non-hydrogen) atoms. The van der Waals surface area contributed by atoms with Gasteiger partial charge in [-0.2, -0.15) is 0 Å². The molecule has 0 bridgehead atoms. The van der Waals surface area contributed by atoms with Crippen LogP contribution in [0.2, 0.25) is 0 Å². The standard InChI is InChI=1S/C29H37N3O13/c1-40-17-10-15(11-18(41-2)21(17)33)27(39)43-12-20-22(34)23(35)24(36)28(44-20)45-25-13(4-5-16-6-7-31-29(30)32-16)8-14(26(37)38)9-19(25)42-3/h8-11,16,20,22-24,28,33-36H,4-7,12H2,1-3H3,(H,37,38)(H3,30,31,32). The molecule has 2 aromatic rings. The van der Waals surface area contributed by atoms with Gasteiger partial charge < -0.3 is 65.0 Å². The van der Waals surface area contributed by atoms with Crippen LogP contribution in [0.5, 0.6) is 28.7 Å². The minimum Gasteiger partial charge on any atom is -0.502 e. The number of nitrogens with one attached hydrogen (secondary N) is 1. The van der Waals surface area contributed by atoms with Gasteiger partial charge >= 0.3 is 11.9 Å². The van der Waals surface area contributed by atoms with Crippen molar-refractivity contribution in [2.24, 2.45) is 10.7 Å². The Balaban J connectivity index is 1.54. The summed E-state index contributed by atoms with van der Waals surface area (Å²) in [6.45, 7) is -0.0408. The average molecular weight is 636 g/mol. The molecule has 0 spiro atoms. The average Bonchev–Trinajstić information content (AvgIpc) is 3.03. The van der Waals surface area contributed by atoms with Crippen LogP contribution in [0.1, 0.15) is 39.1 Å². The predicted molar refractivity (Wildman–Crippen MR) is 155 cm³/mol. The first-order chi connectivity index (χ1) is 21.5. The number of nitrogens with two attached hydrogens (primary N) is 1. The first-order valence-corrected chi connectivity index (χ1v) is 14.0. The number of carboxylic acids is 1. The summed E-state index contributed by atoms with van der Waals surface area (Å²) >= 11 is 0. The first kappa shape index (κ1) is 33.4. The summed E-state index contributed by atoms with van der Waals surface area (Å²) < 4.78 is 32.6. The highest BCUT2D eigenvalue weighted by Crippen LogP contribution is 2.38. The van der Waals surface area contributed by atoms with Crippen LogP contribution in [0.3, 0.4) is 0 Å². The number of carbonyl (C=O) groups is 2. The van der Waals surface area contributed by atoms with Crippen molar-refractivity contribution in [3.8, 4) is 28.7 Å². The van der Waals surface area contributed by atoms with E-state index in [2.05, 4.69) is 10.3 Å². The topological polar surface area (TPSA) is 241 Å². The molecule has 4 rings (SSSR count). The lowest BCUT2D eigenvalue weighted by Gasteiger charge is -2.40. The van der Waals surface area contributed by atoms with Gasteiger partial charge in [-0.3, -0.25) is 4.99 Å². The second-order valence-corrected chi connectivity index (χ2v) is 10.4. The Morgan fingerprint density at radius 1 is 0.978 bits per heavy atom. The van der Waals surface area contributed by atoms with Crippen molar-refractivity contribution in [2.45, 2.75) is 56.0 Å². The van der Waals surface area contributed by atoms with Crippen LogP contribution in [0, 0.1) is 0 Å². The van der Waals surface area contributed by atoms with E-state index in [1.807, 2.05) is 0 Å². The van der Waals surface area contributed by atoms with Gasteiger partial charge in [0.1, 0.15) is 31.0 Å². The summed E-state index contributed by atoms with van der Waals surface area (Å²) in [7, 11) is 3.88.